The van der Waals surface area contributed by atoms with Gasteiger partial charge in [-0.2, -0.15) is 0 Å². The Bertz CT molecular complexity index is 307. The van der Waals surface area contributed by atoms with Crippen LogP contribution in [0.4, 0.5) is 0 Å². The van der Waals surface area contributed by atoms with Gasteiger partial charge in [-0.1, -0.05) is 64.7 Å². The van der Waals surface area contributed by atoms with Crippen LogP contribution in [0.1, 0.15) is 90.4 Å². The maximum absolute atomic E-state index is 7.17. The zero-order valence-electron chi connectivity index (χ0n) is 13.6. The van der Waals surface area contributed by atoms with Crippen molar-refractivity contribution in [2.45, 2.75) is 95.9 Å². The van der Waals surface area contributed by atoms with Crippen LogP contribution in [0.25, 0.3) is 0 Å². The van der Waals surface area contributed by atoms with E-state index < -0.39 is 0 Å². The van der Waals surface area contributed by atoms with Crippen LogP contribution in [-0.4, -0.2) is 5.54 Å². The Hall–Kier alpha value is -0.0400. The molecule has 0 bridgehead atoms. The van der Waals surface area contributed by atoms with E-state index in [2.05, 4.69) is 6.92 Å². The second-order valence-corrected chi connectivity index (χ2v) is 8.33. The SMILES string of the molecule is CC1CCCC(C2(N)CCCCC2C2CCCCC2)C1. The fourth-order valence-corrected chi connectivity index (χ4v) is 5.89. The Kier molecular flexibility index (Phi) is 4.75. The summed E-state index contributed by atoms with van der Waals surface area (Å²) in [7, 11) is 0. The average Bonchev–Trinajstić information content (AvgIpc) is 2.49. The molecule has 116 valence electrons. The van der Waals surface area contributed by atoms with Gasteiger partial charge in [0, 0.05) is 5.54 Å². The Morgan fingerprint density at radius 3 is 2.30 bits per heavy atom. The predicted octanol–water partition coefficient (Wildman–Crippen LogP) is 5.28. The van der Waals surface area contributed by atoms with E-state index in [1.165, 1.54) is 83.5 Å². The van der Waals surface area contributed by atoms with Gasteiger partial charge in [-0.3, -0.25) is 0 Å². The van der Waals surface area contributed by atoms with E-state index in [9.17, 15) is 0 Å². The normalized spacial score (nSPS) is 44.4. The lowest BCUT2D eigenvalue weighted by Gasteiger charge is -2.52. The molecule has 2 N–H and O–H groups in total. The molecule has 0 aromatic rings. The quantitative estimate of drug-likeness (QED) is 0.730. The summed E-state index contributed by atoms with van der Waals surface area (Å²) >= 11 is 0. The first-order valence-corrected chi connectivity index (χ1v) is 9.49. The number of hydrogen-bond acceptors (Lipinski definition) is 1. The van der Waals surface area contributed by atoms with Gasteiger partial charge in [-0.05, 0) is 49.4 Å². The molecule has 0 saturated heterocycles. The van der Waals surface area contributed by atoms with Crippen LogP contribution in [0.2, 0.25) is 0 Å². The molecular formula is C19H35N. The molecule has 0 radical (unpaired) electrons. The van der Waals surface area contributed by atoms with Crippen molar-refractivity contribution in [1.82, 2.24) is 0 Å². The van der Waals surface area contributed by atoms with Gasteiger partial charge in [0.2, 0.25) is 0 Å². The minimum atomic E-state index is 0.203. The van der Waals surface area contributed by atoms with Crippen LogP contribution in [0.15, 0.2) is 0 Å². The standard InChI is InChI=1S/C19H35N/c1-15-8-7-11-17(14-15)19(20)13-6-5-12-18(19)16-9-3-2-4-10-16/h15-18H,2-14,20H2,1H3. The van der Waals surface area contributed by atoms with Crippen LogP contribution in [0.3, 0.4) is 0 Å². The molecule has 4 unspecified atom stereocenters. The first-order chi connectivity index (χ1) is 9.70. The highest BCUT2D eigenvalue weighted by Crippen LogP contribution is 2.49. The lowest BCUT2D eigenvalue weighted by atomic mass is 9.57. The molecule has 3 aliphatic carbocycles. The molecule has 0 aromatic carbocycles. The third kappa shape index (κ3) is 2.93. The van der Waals surface area contributed by atoms with Crippen LogP contribution < -0.4 is 5.73 Å². The third-order valence-electron chi connectivity index (χ3n) is 6.98. The van der Waals surface area contributed by atoms with Crippen LogP contribution >= 0.6 is 0 Å². The maximum Gasteiger partial charge on any atom is 0.0214 e. The maximum atomic E-state index is 7.17. The summed E-state index contributed by atoms with van der Waals surface area (Å²) in [5, 5.41) is 0. The van der Waals surface area contributed by atoms with Crippen molar-refractivity contribution >= 4 is 0 Å². The van der Waals surface area contributed by atoms with Crippen molar-refractivity contribution in [3.8, 4) is 0 Å². The van der Waals surface area contributed by atoms with E-state index in [4.69, 9.17) is 5.73 Å². The highest BCUT2D eigenvalue weighted by molar-refractivity contribution is 5.02. The first kappa shape index (κ1) is 14.9. The molecule has 3 fully saturated rings. The van der Waals surface area contributed by atoms with E-state index in [1.54, 1.807) is 0 Å². The largest absolute Gasteiger partial charge is 0.325 e. The summed E-state index contributed by atoms with van der Waals surface area (Å²) < 4.78 is 0. The molecule has 1 nitrogen and oxygen atoms in total. The Balaban J connectivity index is 1.75. The highest BCUT2D eigenvalue weighted by Gasteiger charge is 2.47. The molecule has 0 amide bonds. The Labute approximate surface area is 126 Å². The summed E-state index contributed by atoms with van der Waals surface area (Å²) in [5.74, 6) is 3.57. The molecule has 20 heavy (non-hydrogen) atoms. The van der Waals surface area contributed by atoms with E-state index in [0.717, 1.165) is 23.7 Å². The van der Waals surface area contributed by atoms with Gasteiger partial charge >= 0.3 is 0 Å². The summed E-state index contributed by atoms with van der Waals surface area (Å²) in [6.45, 7) is 2.45. The summed E-state index contributed by atoms with van der Waals surface area (Å²) in [6.07, 6.45) is 18.7. The van der Waals surface area contributed by atoms with Gasteiger partial charge in [0.05, 0.1) is 0 Å². The lowest BCUT2D eigenvalue weighted by Crippen LogP contribution is -2.58. The fraction of sp³-hybridized carbons (Fsp3) is 1.00. The van der Waals surface area contributed by atoms with Crippen LogP contribution in [0, 0.1) is 23.7 Å². The summed E-state index contributed by atoms with van der Waals surface area (Å²) in [4.78, 5) is 0. The van der Waals surface area contributed by atoms with Gasteiger partial charge in [-0.15, -0.1) is 0 Å². The molecule has 3 rings (SSSR count). The Morgan fingerprint density at radius 1 is 0.800 bits per heavy atom. The molecule has 4 atom stereocenters. The zero-order chi connectivity index (χ0) is 14.0. The molecule has 1 heteroatoms. The minimum absolute atomic E-state index is 0.203. The first-order valence-electron chi connectivity index (χ1n) is 9.49. The molecule has 0 aliphatic heterocycles. The lowest BCUT2D eigenvalue weighted by molar-refractivity contribution is 0.0301. The average molecular weight is 277 g/mol. The summed E-state index contributed by atoms with van der Waals surface area (Å²) in [5.41, 5.74) is 7.37. The topological polar surface area (TPSA) is 26.0 Å². The van der Waals surface area contributed by atoms with Gasteiger partial charge in [0.15, 0.2) is 0 Å². The second kappa shape index (κ2) is 6.38. The van der Waals surface area contributed by atoms with E-state index in [-0.39, 0.29) is 5.54 Å². The molecule has 0 aromatic heterocycles. The molecule has 3 saturated carbocycles. The van der Waals surface area contributed by atoms with E-state index in [0.29, 0.717) is 0 Å². The van der Waals surface area contributed by atoms with Crippen molar-refractivity contribution < 1.29 is 0 Å². The molecular weight excluding hydrogens is 242 g/mol. The minimum Gasteiger partial charge on any atom is -0.325 e. The van der Waals surface area contributed by atoms with Crippen molar-refractivity contribution in [2.24, 2.45) is 29.4 Å². The fourth-order valence-electron chi connectivity index (χ4n) is 5.89. The van der Waals surface area contributed by atoms with Crippen molar-refractivity contribution in [3.63, 3.8) is 0 Å². The smallest absolute Gasteiger partial charge is 0.0214 e. The predicted molar refractivity (Wildman–Crippen MR) is 86.6 cm³/mol. The molecule has 3 aliphatic rings. The van der Waals surface area contributed by atoms with Crippen molar-refractivity contribution in [1.29, 1.82) is 0 Å². The van der Waals surface area contributed by atoms with Gasteiger partial charge in [0.1, 0.15) is 0 Å². The second-order valence-electron chi connectivity index (χ2n) is 8.33. The zero-order valence-corrected chi connectivity index (χ0v) is 13.6. The molecule has 0 heterocycles. The Morgan fingerprint density at radius 2 is 1.55 bits per heavy atom. The number of nitrogens with two attached hydrogens (primary N) is 1. The monoisotopic (exact) mass is 277 g/mol. The van der Waals surface area contributed by atoms with Gasteiger partial charge in [-0.25, -0.2) is 0 Å². The number of rotatable bonds is 2. The third-order valence-corrected chi connectivity index (χ3v) is 6.98. The van der Waals surface area contributed by atoms with Gasteiger partial charge < -0.3 is 5.73 Å². The summed E-state index contributed by atoms with van der Waals surface area (Å²) in [6, 6.07) is 0. The molecule has 0 spiro atoms. The van der Waals surface area contributed by atoms with Gasteiger partial charge in [0.25, 0.3) is 0 Å². The van der Waals surface area contributed by atoms with Crippen LogP contribution in [-0.2, 0) is 0 Å². The van der Waals surface area contributed by atoms with Crippen LogP contribution in [0.5, 0.6) is 0 Å². The van der Waals surface area contributed by atoms with Crippen molar-refractivity contribution in [3.05, 3.63) is 0 Å². The number of hydrogen-bond donors (Lipinski definition) is 1. The van der Waals surface area contributed by atoms with E-state index >= 15 is 0 Å². The van der Waals surface area contributed by atoms with Crippen molar-refractivity contribution in [2.75, 3.05) is 0 Å². The van der Waals surface area contributed by atoms with E-state index in [1.807, 2.05) is 0 Å². The highest BCUT2D eigenvalue weighted by atomic mass is 14.8.